The maximum absolute atomic E-state index is 12.4. The van der Waals surface area contributed by atoms with Crippen LogP contribution in [0, 0.1) is 13.8 Å². The normalized spacial score (nSPS) is 11.2. The van der Waals surface area contributed by atoms with Crippen molar-refractivity contribution in [2.24, 2.45) is 0 Å². The molecule has 5 heteroatoms. The molecule has 2 aromatic carbocycles. The Hall–Kier alpha value is -2.01. The van der Waals surface area contributed by atoms with Gasteiger partial charge in [-0.15, -0.1) is 0 Å². The van der Waals surface area contributed by atoms with Gasteiger partial charge in [0, 0.05) is 5.69 Å². The molecule has 105 valence electrons. The molecular weight excluding hydrogens is 274 g/mol. The highest BCUT2D eigenvalue weighted by molar-refractivity contribution is 7.92. The molecule has 0 saturated carbocycles. The number of nitrogens with one attached hydrogen (secondary N) is 1. The van der Waals surface area contributed by atoms with Gasteiger partial charge >= 0.3 is 0 Å². The topological polar surface area (TPSA) is 55.4 Å². The van der Waals surface area contributed by atoms with E-state index >= 15 is 0 Å². The molecule has 2 aromatic rings. The molecule has 0 heterocycles. The predicted molar refractivity (Wildman–Crippen MR) is 79.4 cm³/mol. The lowest BCUT2D eigenvalue weighted by atomic mass is 10.2. The van der Waals surface area contributed by atoms with Crippen molar-refractivity contribution in [1.29, 1.82) is 0 Å². The Morgan fingerprint density at radius 2 is 1.75 bits per heavy atom. The van der Waals surface area contributed by atoms with E-state index < -0.39 is 10.0 Å². The largest absolute Gasteiger partial charge is 0.495 e. The maximum atomic E-state index is 12.4. The molecule has 20 heavy (non-hydrogen) atoms. The van der Waals surface area contributed by atoms with Crippen molar-refractivity contribution >= 4 is 15.7 Å². The zero-order valence-corrected chi connectivity index (χ0v) is 12.2. The van der Waals surface area contributed by atoms with Crippen LogP contribution < -0.4 is 9.46 Å². The monoisotopic (exact) mass is 290 g/mol. The van der Waals surface area contributed by atoms with E-state index in [1.807, 2.05) is 6.92 Å². The summed E-state index contributed by atoms with van der Waals surface area (Å²) in [7, 11) is -2.23. The molecule has 0 amide bonds. The Kier molecular flexibility index (Phi) is 3.99. The summed E-state index contributed by atoms with van der Waals surface area (Å²) >= 11 is 0. The summed E-state index contributed by atoms with van der Waals surface area (Å²) in [6.45, 7) is 5.63. The summed E-state index contributed by atoms with van der Waals surface area (Å²) in [6.07, 6.45) is 0. The summed E-state index contributed by atoms with van der Waals surface area (Å²) in [5.41, 5.74) is 2.24. The number of hydrogen-bond donors (Lipinski definition) is 1. The second kappa shape index (κ2) is 5.54. The van der Waals surface area contributed by atoms with Crippen molar-refractivity contribution in [3.63, 3.8) is 0 Å². The second-order valence-corrected chi connectivity index (χ2v) is 6.11. The Balaban J connectivity index is 2.38. The molecule has 0 atom stereocenters. The molecule has 0 aromatic heterocycles. The molecule has 0 saturated heterocycles. The van der Waals surface area contributed by atoms with Gasteiger partial charge in [0.25, 0.3) is 10.0 Å². The second-order valence-electron chi connectivity index (χ2n) is 4.46. The van der Waals surface area contributed by atoms with Crippen LogP contribution in [0.5, 0.6) is 5.75 Å². The minimum Gasteiger partial charge on any atom is -0.495 e. The van der Waals surface area contributed by atoms with Crippen molar-refractivity contribution < 1.29 is 13.2 Å². The maximum Gasteiger partial charge on any atom is 0.265 e. The van der Waals surface area contributed by atoms with Crippen molar-refractivity contribution in [3.05, 3.63) is 60.5 Å². The molecule has 0 bridgehead atoms. The first-order chi connectivity index (χ1) is 9.42. The molecular formula is C15H16NO3S. The number of anilines is 1. The van der Waals surface area contributed by atoms with E-state index in [0.717, 1.165) is 11.1 Å². The van der Waals surface area contributed by atoms with Crippen LogP contribution in [0.3, 0.4) is 0 Å². The minimum absolute atomic E-state index is 0.115. The summed E-state index contributed by atoms with van der Waals surface area (Å²) in [5, 5.41) is 0. The van der Waals surface area contributed by atoms with Crippen LogP contribution in [-0.4, -0.2) is 15.5 Å². The fraction of sp³-hybridized carbons (Fsp3) is 0.133. The summed E-state index contributed by atoms with van der Waals surface area (Å²) in [5.74, 6) is 0.325. The van der Waals surface area contributed by atoms with E-state index in [9.17, 15) is 8.42 Å². The third-order valence-electron chi connectivity index (χ3n) is 2.81. The van der Waals surface area contributed by atoms with Gasteiger partial charge in [-0.25, -0.2) is 8.42 Å². The molecule has 0 unspecified atom stereocenters. The van der Waals surface area contributed by atoms with Gasteiger partial charge < -0.3 is 4.74 Å². The van der Waals surface area contributed by atoms with Gasteiger partial charge in [0.1, 0.15) is 10.6 Å². The summed E-state index contributed by atoms with van der Waals surface area (Å²) < 4.78 is 32.4. The number of benzene rings is 2. The molecule has 0 spiro atoms. The number of rotatable bonds is 4. The SMILES string of the molecule is [CH2]c1ccc(NS(=O)(=O)c2ccc(C)cc2OC)cc1. The number of sulfonamides is 1. The molecule has 0 aliphatic heterocycles. The van der Waals surface area contributed by atoms with E-state index in [1.165, 1.54) is 13.2 Å². The summed E-state index contributed by atoms with van der Waals surface area (Å²) in [6, 6.07) is 11.8. The number of hydrogen-bond acceptors (Lipinski definition) is 3. The van der Waals surface area contributed by atoms with Crippen LogP contribution in [0.25, 0.3) is 0 Å². The zero-order chi connectivity index (χ0) is 14.8. The van der Waals surface area contributed by atoms with E-state index in [-0.39, 0.29) is 4.90 Å². The highest BCUT2D eigenvalue weighted by Crippen LogP contribution is 2.26. The summed E-state index contributed by atoms with van der Waals surface area (Å²) in [4.78, 5) is 0.115. The van der Waals surface area contributed by atoms with Gasteiger partial charge in [0.15, 0.2) is 0 Å². The molecule has 0 aliphatic rings. The van der Waals surface area contributed by atoms with Crippen molar-refractivity contribution in [1.82, 2.24) is 0 Å². The molecule has 0 fully saturated rings. The Labute approximate surface area is 119 Å². The third-order valence-corrected chi connectivity index (χ3v) is 4.24. The van der Waals surface area contributed by atoms with Crippen LogP contribution in [0.4, 0.5) is 5.69 Å². The van der Waals surface area contributed by atoms with Gasteiger partial charge in [0.05, 0.1) is 7.11 Å². The molecule has 1 radical (unpaired) electrons. The van der Waals surface area contributed by atoms with E-state index in [0.29, 0.717) is 11.4 Å². The first-order valence-electron chi connectivity index (χ1n) is 6.02. The lowest BCUT2D eigenvalue weighted by Gasteiger charge is -2.12. The van der Waals surface area contributed by atoms with E-state index in [1.54, 1.807) is 36.4 Å². The number of aryl methyl sites for hydroxylation is 1. The molecule has 1 N–H and O–H groups in total. The lowest BCUT2D eigenvalue weighted by Crippen LogP contribution is -2.14. The Morgan fingerprint density at radius 1 is 1.10 bits per heavy atom. The fourth-order valence-electron chi connectivity index (χ4n) is 1.78. The van der Waals surface area contributed by atoms with E-state index in [2.05, 4.69) is 11.6 Å². The van der Waals surface area contributed by atoms with Crippen LogP contribution in [0.1, 0.15) is 11.1 Å². The van der Waals surface area contributed by atoms with Gasteiger partial charge in [-0.05, 0) is 49.2 Å². The number of ether oxygens (including phenoxy) is 1. The average molecular weight is 290 g/mol. The van der Waals surface area contributed by atoms with E-state index in [4.69, 9.17) is 4.74 Å². The lowest BCUT2D eigenvalue weighted by molar-refractivity contribution is 0.402. The zero-order valence-electron chi connectivity index (χ0n) is 11.4. The quantitative estimate of drug-likeness (QED) is 0.941. The molecule has 0 aliphatic carbocycles. The smallest absolute Gasteiger partial charge is 0.265 e. The fourth-order valence-corrected chi connectivity index (χ4v) is 2.99. The highest BCUT2D eigenvalue weighted by atomic mass is 32.2. The Morgan fingerprint density at radius 3 is 2.35 bits per heavy atom. The number of methoxy groups -OCH3 is 1. The Bertz CT molecular complexity index is 706. The first kappa shape index (κ1) is 14.4. The van der Waals surface area contributed by atoms with Gasteiger partial charge in [-0.2, -0.15) is 0 Å². The van der Waals surface area contributed by atoms with Crippen molar-refractivity contribution in [3.8, 4) is 5.75 Å². The minimum atomic E-state index is -3.68. The van der Waals surface area contributed by atoms with Crippen LogP contribution in [0.2, 0.25) is 0 Å². The molecule has 4 nitrogen and oxygen atoms in total. The molecule has 2 rings (SSSR count). The third kappa shape index (κ3) is 3.11. The standard InChI is InChI=1S/C15H16NO3S/c1-11-4-7-13(8-5-11)16-20(17,18)15-9-6-12(2)10-14(15)19-3/h4-10,16H,1H2,2-3H3. The first-order valence-corrected chi connectivity index (χ1v) is 7.50. The predicted octanol–water partition coefficient (Wildman–Crippen LogP) is 2.99. The highest BCUT2D eigenvalue weighted by Gasteiger charge is 2.19. The van der Waals surface area contributed by atoms with Gasteiger partial charge in [-0.1, -0.05) is 18.2 Å². The van der Waals surface area contributed by atoms with Crippen molar-refractivity contribution in [2.75, 3.05) is 11.8 Å². The van der Waals surface area contributed by atoms with Gasteiger partial charge in [0.2, 0.25) is 0 Å². The van der Waals surface area contributed by atoms with Crippen molar-refractivity contribution in [2.45, 2.75) is 11.8 Å². The van der Waals surface area contributed by atoms with Crippen LogP contribution in [0.15, 0.2) is 47.4 Å². The van der Waals surface area contributed by atoms with Gasteiger partial charge in [-0.3, -0.25) is 4.72 Å². The average Bonchev–Trinajstić information content (AvgIpc) is 2.40. The van der Waals surface area contributed by atoms with Crippen LogP contribution in [-0.2, 0) is 10.0 Å². The van der Waals surface area contributed by atoms with Crippen LogP contribution >= 0.6 is 0 Å².